The molecule has 1 fully saturated rings. The molecule has 0 bridgehead atoms. The van der Waals surface area contributed by atoms with E-state index in [0.717, 1.165) is 0 Å². The van der Waals surface area contributed by atoms with Crippen molar-refractivity contribution in [2.24, 2.45) is 5.92 Å². The maximum atomic E-state index is 12.8. The number of hydrogen-bond acceptors (Lipinski definition) is 5. The number of amides is 1. The molecule has 0 aliphatic carbocycles. The number of anilines is 1. The van der Waals surface area contributed by atoms with E-state index in [-0.39, 0.29) is 29.5 Å². The Balaban J connectivity index is 2.32. The number of benzene rings is 1. The van der Waals surface area contributed by atoms with Crippen LogP contribution in [0.1, 0.15) is 16.8 Å². The normalized spacial score (nSPS) is 18.3. The van der Waals surface area contributed by atoms with E-state index in [1.54, 1.807) is 0 Å². The van der Waals surface area contributed by atoms with Crippen LogP contribution in [0.4, 0.5) is 9.57 Å². The second-order valence-corrected chi connectivity index (χ2v) is 7.73. The largest absolute Gasteiger partial charge is 0.465 e. The Morgan fingerprint density at radius 3 is 2.70 bits per heavy atom. The summed E-state index contributed by atoms with van der Waals surface area (Å²) in [6.45, 7) is 0.0257. The van der Waals surface area contributed by atoms with Crippen molar-refractivity contribution in [2.45, 2.75) is 6.42 Å². The van der Waals surface area contributed by atoms with Gasteiger partial charge in [0.2, 0.25) is 5.91 Å². The monoisotopic (exact) mass is 427 g/mol. The van der Waals surface area contributed by atoms with Gasteiger partial charge in [-0.1, -0.05) is 11.6 Å². The number of halogens is 3. The highest BCUT2D eigenvalue weighted by atomic mass is 79.9. The number of carbonyl (C=O) groups is 2. The van der Waals surface area contributed by atoms with E-state index in [4.69, 9.17) is 11.6 Å². The fraction of sp³-hybridized carbons (Fsp3) is 0.385. The Morgan fingerprint density at radius 1 is 1.52 bits per heavy atom. The molecule has 1 amide bonds. The van der Waals surface area contributed by atoms with Crippen molar-refractivity contribution < 1.29 is 26.6 Å². The quantitative estimate of drug-likeness (QED) is 0.544. The highest BCUT2D eigenvalue weighted by molar-refractivity contribution is 9.10. The molecule has 1 unspecified atom stereocenters. The number of hydrogen-bond donors (Lipinski definition) is 0. The Bertz CT molecular complexity index is 747. The molecule has 1 aliphatic heterocycles. The molecule has 1 aromatic carbocycles. The molecule has 1 aromatic rings. The molecule has 1 heterocycles. The molecule has 126 valence electrons. The van der Waals surface area contributed by atoms with Crippen molar-refractivity contribution >= 4 is 55.3 Å². The van der Waals surface area contributed by atoms with Gasteiger partial charge < -0.3 is 9.64 Å². The van der Waals surface area contributed by atoms with Gasteiger partial charge in [-0.25, -0.2) is 4.79 Å². The van der Waals surface area contributed by atoms with Gasteiger partial charge in [0.05, 0.1) is 29.1 Å². The number of methoxy groups -OCH3 is 1. The predicted molar refractivity (Wildman–Crippen MR) is 85.8 cm³/mol. The Hall–Kier alpha value is -1.19. The average Bonchev–Trinajstić information content (AvgIpc) is 2.75. The lowest BCUT2D eigenvalue weighted by molar-refractivity contribution is -0.117. The lowest BCUT2D eigenvalue weighted by atomic mass is 10.1. The van der Waals surface area contributed by atoms with E-state index >= 15 is 0 Å². The molecule has 0 radical (unpaired) electrons. The van der Waals surface area contributed by atoms with Gasteiger partial charge in [-0.15, -0.1) is 3.89 Å². The molecule has 10 heteroatoms. The SMILES string of the molecule is COC(=O)c1cc(Cl)c(N2CC(CS(=O)(=O)F)CC2=O)c(Br)c1. The first-order valence-electron chi connectivity index (χ1n) is 6.42. The van der Waals surface area contributed by atoms with Crippen LogP contribution >= 0.6 is 27.5 Å². The molecule has 0 saturated carbocycles. The van der Waals surface area contributed by atoms with Crippen molar-refractivity contribution in [2.75, 3.05) is 24.3 Å². The topological polar surface area (TPSA) is 80.8 Å². The van der Waals surface area contributed by atoms with Crippen LogP contribution in [-0.4, -0.2) is 39.7 Å². The summed E-state index contributed by atoms with van der Waals surface area (Å²) in [4.78, 5) is 24.9. The van der Waals surface area contributed by atoms with Crippen molar-refractivity contribution in [1.82, 2.24) is 0 Å². The summed E-state index contributed by atoms with van der Waals surface area (Å²) in [6.07, 6.45) is -0.0926. The smallest absolute Gasteiger partial charge is 0.337 e. The van der Waals surface area contributed by atoms with Crippen LogP contribution in [0, 0.1) is 5.92 Å². The first-order valence-corrected chi connectivity index (χ1v) is 9.14. The fourth-order valence-electron chi connectivity index (χ4n) is 2.45. The van der Waals surface area contributed by atoms with Gasteiger partial charge in [0.25, 0.3) is 0 Å². The second kappa shape index (κ2) is 6.74. The van der Waals surface area contributed by atoms with Gasteiger partial charge >= 0.3 is 16.2 Å². The zero-order chi connectivity index (χ0) is 17.4. The number of nitrogens with zero attached hydrogens (tertiary/aromatic N) is 1. The minimum Gasteiger partial charge on any atom is -0.465 e. The van der Waals surface area contributed by atoms with E-state index in [0.29, 0.717) is 10.2 Å². The molecule has 0 aromatic heterocycles. The van der Waals surface area contributed by atoms with Crippen LogP contribution in [0.3, 0.4) is 0 Å². The van der Waals surface area contributed by atoms with Crippen LogP contribution in [0.2, 0.25) is 5.02 Å². The van der Waals surface area contributed by atoms with E-state index in [9.17, 15) is 21.9 Å². The van der Waals surface area contributed by atoms with Gasteiger partial charge in [0, 0.05) is 23.4 Å². The van der Waals surface area contributed by atoms with Crippen molar-refractivity contribution in [3.05, 3.63) is 27.2 Å². The zero-order valence-corrected chi connectivity index (χ0v) is 15.0. The molecule has 1 saturated heterocycles. The van der Waals surface area contributed by atoms with E-state index in [1.807, 2.05) is 0 Å². The minimum atomic E-state index is -4.66. The molecular weight excluding hydrogens is 417 g/mol. The summed E-state index contributed by atoms with van der Waals surface area (Å²) in [5, 5.41) is 0.122. The minimum absolute atomic E-state index is 0.0257. The molecule has 0 N–H and O–H groups in total. The van der Waals surface area contributed by atoms with Gasteiger partial charge in [-0.2, -0.15) is 8.42 Å². The lowest BCUT2D eigenvalue weighted by Gasteiger charge is -2.20. The number of carbonyl (C=O) groups excluding carboxylic acids is 2. The standard InChI is InChI=1S/C13H12BrClFNO5S/c1-22-13(19)8-3-9(14)12(10(15)4-8)17-5-7(2-11(17)18)6-23(16,20)21/h3-4,7H,2,5-6H2,1H3. The molecular formula is C13H12BrClFNO5S. The first-order chi connectivity index (χ1) is 10.6. The van der Waals surface area contributed by atoms with Crippen LogP contribution in [0.25, 0.3) is 0 Å². The van der Waals surface area contributed by atoms with Crippen LogP contribution in [0.5, 0.6) is 0 Å². The summed E-state index contributed by atoms with van der Waals surface area (Å²) in [5.41, 5.74) is 0.505. The van der Waals surface area contributed by atoms with Gasteiger partial charge in [0.15, 0.2) is 0 Å². The van der Waals surface area contributed by atoms with Gasteiger partial charge in [-0.05, 0) is 28.1 Å². The van der Waals surface area contributed by atoms with Crippen LogP contribution in [-0.2, 0) is 19.8 Å². The van der Waals surface area contributed by atoms with Crippen molar-refractivity contribution in [1.29, 1.82) is 0 Å². The van der Waals surface area contributed by atoms with Crippen LogP contribution in [0.15, 0.2) is 16.6 Å². The third-order valence-electron chi connectivity index (χ3n) is 3.35. The zero-order valence-electron chi connectivity index (χ0n) is 11.9. The number of rotatable bonds is 4. The van der Waals surface area contributed by atoms with Gasteiger partial charge in [0.1, 0.15) is 0 Å². The van der Waals surface area contributed by atoms with E-state index in [2.05, 4.69) is 20.7 Å². The van der Waals surface area contributed by atoms with Gasteiger partial charge in [-0.3, -0.25) is 4.79 Å². The highest BCUT2D eigenvalue weighted by Crippen LogP contribution is 2.38. The van der Waals surface area contributed by atoms with Crippen molar-refractivity contribution in [3.63, 3.8) is 0 Å². The first kappa shape index (κ1) is 18.2. The predicted octanol–water partition coefficient (Wildman–Crippen LogP) is 2.54. The summed E-state index contributed by atoms with van der Waals surface area (Å²) < 4.78 is 39.2. The Labute approximate surface area is 145 Å². The maximum absolute atomic E-state index is 12.8. The Morgan fingerprint density at radius 2 is 2.17 bits per heavy atom. The molecule has 6 nitrogen and oxygen atoms in total. The van der Waals surface area contributed by atoms with Crippen LogP contribution < -0.4 is 4.90 Å². The lowest BCUT2D eigenvalue weighted by Crippen LogP contribution is -2.26. The third-order valence-corrected chi connectivity index (χ3v) is 5.11. The summed E-state index contributed by atoms with van der Waals surface area (Å²) >= 11 is 9.37. The number of esters is 1. The highest BCUT2D eigenvalue weighted by Gasteiger charge is 2.35. The second-order valence-electron chi connectivity index (χ2n) is 5.06. The average molecular weight is 429 g/mol. The van der Waals surface area contributed by atoms with E-state index < -0.39 is 27.9 Å². The van der Waals surface area contributed by atoms with E-state index in [1.165, 1.54) is 24.1 Å². The summed E-state index contributed by atoms with van der Waals surface area (Å²) in [5.74, 6) is -2.33. The molecule has 23 heavy (non-hydrogen) atoms. The number of ether oxygens (including phenoxy) is 1. The molecule has 2 rings (SSSR count). The summed E-state index contributed by atoms with van der Waals surface area (Å²) in [6, 6.07) is 2.79. The molecule has 1 aliphatic rings. The fourth-order valence-corrected chi connectivity index (χ4v) is 4.35. The molecule has 0 spiro atoms. The maximum Gasteiger partial charge on any atom is 0.337 e. The van der Waals surface area contributed by atoms with Crippen molar-refractivity contribution in [3.8, 4) is 0 Å². The summed E-state index contributed by atoms with van der Waals surface area (Å²) in [7, 11) is -3.44. The third kappa shape index (κ3) is 4.21. The Kier molecular flexibility index (Phi) is 5.32. The molecule has 1 atom stereocenters.